The topological polar surface area (TPSA) is 101 Å². The van der Waals surface area contributed by atoms with E-state index in [0.717, 1.165) is 17.7 Å². The average Bonchev–Trinajstić information content (AvgIpc) is 3.09. The standard InChI is InChI=1S/C18H18N4O3/c1-10-6-12-7-14(4-5-15(12)22(10)11(2)23)21-9-13(8-19)16(20)17(21)18(24)25-3/h4-5,7,9-10H,6,20H2,1-3H3. The molecule has 0 radical (unpaired) electrons. The van der Waals surface area contributed by atoms with Gasteiger partial charge in [0.15, 0.2) is 5.69 Å². The van der Waals surface area contributed by atoms with Gasteiger partial charge in [0.1, 0.15) is 6.07 Å². The number of methoxy groups -OCH3 is 1. The van der Waals surface area contributed by atoms with E-state index in [0.29, 0.717) is 5.69 Å². The minimum Gasteiger partial charge on any atom is -0.464 e. The summed E-state index contributed by atoms with van der Waals surface area (Å²) < 4.78 is 6.35. The Balaban J connectivity index is 2.14. The molecule has 0 spiro atoms. The number of hydrogen-bond acceptors (Lipinski definition) is 5. The molecule has 2 N–H and O–H groups in total. The number of carbonyl (C=O) groups is 2. The Labute approximate surface area is 145 Å². The van der Waals surface area contributed by atoms with Gasteiger partial charge in [0.2, 0.25) is 5.91 Å². The quantitative estimate of drug-likeness (QED) is 0.844. The van der Waals surface area contributed by atoms with Gasteiger partial charge in [-0.15, -0.1) is 0 Å². The van der Waals surface area contributed by atoms with E-state index in [4.69, 9.17) is 10.5 Å². The molecular weight excluding hydrogens is 320 g/mol. The van der Waals surface area contributed by atoms with Crippen LogP contribution in [-0.2, 0) is 16.0 Å². The number of nitrogens with zero attached hydrogens (tertiary/aromatic N) is 3. The summed E-state index contributed by atoms with van der Waals surface area (Å²) in [6, 6.07) is 7.60. The molecule has 128 valence electrons. The number of hydrogen-bond donors (Lipinski definition) is 1. The van der Waals surface area contributed by atoms with E-state index in [1.807, 2.05) is 25.1 Å². The van der Waals surface area contributed by atoms with E-state index in [1.54, 1.807) is 22.5 Å². The fraction of sp³-hybridized carbons (Fsp3) is 0.278. The highest BCUT2D eigenvalue weighted by Crippen LogP contribution is 2.35. The normalized spacial score (nSPS) is 15.6. The summed E-state index contributed by atoms with van der Waals surface area (Å²) in [5.41, 5.74) is 8.90. The Kier molecular flexibility index (Phi) is 3.97. The van der Waals surface area contributed by atoms with Crippen LogP contribution < -0.4 is 10.6 Å². The molecule has 2 heterocycles. The maximum Gasteiger partial charge on any atom is 0.357 e. The number of ether oxygens (including phenoxy) is 1. The zero-order chi connectivity index (χ0) is 18.3. The molecule has 1 aromatic heterocycles. The van der Waals surface area contributed by atoms with Crippen molar-refractivity contribution in [2.45, 2.75) is 26.3 Å². The highest BCUT2D eigenvalue weighted by molar-refractivity contribution is 5.96. The third kappa shape index (κ3) is 2.52. The van der Waals surface area contributed by atoms with Gasteiger partial charge in [0.05, 0.1) is 18.4 Å². The third-order valence-corrected chi connectivity index (χ3v) is 4.44. The number of rotatable bonds is 2. The van der Waals surface area contributed by atoms with Crippen molar-refractivity contribution in [2.75, 3.05) is 17.7 Å². The minimum atomic E-state index is -0.613. The van der Waals surface area contributed by atoms with Crippen LogP contribution in [0.15, 0.2) is 24.4 Å². The minimum absolute atomic E-state index is 0.00812. The lowest BCUT2D eigenvalue weighted by molar-refractivity contribution is -0.116. The molecule has 1 aliphatic rings. The molecule has 1 unspecified atom stereocenters. The van der Waals surface area contributed by atoms with Gasteiger partial charge in [-0.1, -0.05) is 0 Å². The van der Waals surface area contributed by atoms with E-state index in [1.165, 1.54) is 13.3 Å². The lowest BCUT2D eigenvalue weighted by atomic mass is 10.1. The first kappa shape index (κ1) is 16.6. The van der Waals surface area contributed by atoms with Gasteiger partial charge in [0.25, 0.3) is 0 Å². The highest BCUT2D eigenvalue weighted by atomic mass is 16.5. The van der Waals surface area contributed by atoms with Gasteiger partial charge in [-0.05, 0) is 37.1 Å². The lowest BCUT2D eigenvalue weighted by Crippen LogP contribution is -2.33. The van der Waals surface area contributed by atoms with Crippen LogP contribution in [0.2, 0.25) is 0 Å². The predicted molar refractivity (Wildman–Crippen MR) is 92.6 cm³/mol. The van der Waals surface area contributed by atoms with Gasteiger partial charge in [0, 0.05) is 30.5 Å². The van der Waals surface area contributed by atoms with Crippen molar-refractivity contribution in [2.24, 2.45) is 0 Å². The molecule has 0 fully saturated rings. The lowest BCUT2D eigenvalue weighted by Gasteiger charge is -2.20. The molecule has 3 rings (SSSR count). The third-order valence-electron chi connectivity index (χ3n) is 4.44. The van der Waals surface area contributed by atoms with Crippen molar-refractivity contribution in [3.05, 3.63) is 41.2 Å². The maximum absolute atomic E-state index is 12.1. The van der Waals surface area contributed by atoms with Gasteiger partial charge in [-0.3, -0.25) is 4.79 Å². The molecule has 0 saturated carbocycles. The van der Waals surface area contributed by atoms with Gasteiger partial charge in [-0.2, -0.15) is 5.26 Å². The molecule has 7 heteroatoms. The molecular formula is C18H18N4O3. The molecule has 1 aliphatic heterocycles. The Morgan fingerprint density at radius 2 is 2.12 bits per heavy atom. The van der Waals surface area contributed by atoms with E-state index in [-0.39, 0.29) is 28.9 Å². The zero-order valence-corrected chi connectivity index (χ0v) is 14.2. The SMILES string of the molecule is COC(=O)c1c(N)c(C#N)cn1-c1ccc2c(c1)CC(C)N2C(C)=O. The fourth-order valence-corrected chi connectivity index (χ4v) is 3.37. The molecule has 7 nitrogen and oxygen atoms in total. The number of esters is 1. The number of amides is 1. The molecule has 1 atom stereocenters. The summed E-state index contributed by atoms with van der Waals surface area (Å²) >= 11 is 0. The first-order valence-corrected chi connectivity index (χ1v) is 7.81. The number of nitriles is 1. The van der Waals surface area contributed by atoms with Crippen molar-refractivity contribution in [1.29, 1.82) is 5.26 Å². The smallest absolute Gasteiger partial charge is 0.357 e. The van der Waals surface area contributed by atoms with Crippen molar-refractivity contribution in [3.63, 3.8) is 0 Å². The van der Waals surface area contributed by atoms with Crippen molar-refractivity contribution in [1.82, 2.24) is 4.57 Å². The first-order valence-electron chi connectivity index (χ1n) is 7.81. The van der Waals surface area contributed by atoms with Crippen molar-refractivity contribution in [3.8, 4) is 11.8 Å². The second-order valence-electron chi connectivity index (χ2n) is 6.03. The highest BCUT2D eigenvalue weighted by Gasteiger charge is 2.30. The van der Waals surface area contributed by atoms with Crippen LogP contribution in [0.3, 0.4) is 0 Å². The number of carbonyl (C=O) groups excluding carboxylic acids is 2. The average molecular weight is 338 g/mol. The van der Waals surface area contributed by atoms with Gasteiger partial charge < -0.3 is 19.9 Å². The summed E-state index contributed by atoms with van der Waals surface area (Å²) in [6.07, 6.45) is 2.24. The number of nitrogens with two attached hydrogens (primary N) is 1. The van der Waals surface area contributed by atoms with Crippen molar-refractivity contribution >= 4 is 23.3 Å². The predicted octanol–water partition coefficient (Wildman–Crippen LogP) is 2.02. The number of fused-ring (bicyclic) bond motifs is 1. The fourth-order valence-electron chi connectivity index (χ4n) is 3.37. The molecule has 1 aromatic carbocycles. The van der Waals surface area contributed by atoms with E-state index < -0.39 is 5.97 Å². The van der Waals surface area contributed by atoms with Crippen LogP contribution in [-0.4, -0.2) is 29.6 Å². The van der Waals surface area contributed by atoms with E-state index in [9.17, 15) is 14.9 Å². The number of benzene rings is 1. The van der Waals surface area contributed by atoms with Crippen LogP contribution in [0.5, 0.6) is 0 Å². The Morgan fingerprint density at radius 3 is 2.72 bits per heavy atom. The second-order valence-corrected chi connectivity index (χ2v) is 6.03. The van der Waals surface area contributed by atoms with Crippen LogP contribution in [0.25, 0.3) is 5.69 Å². The first-order chi connectivity index (χ1) is 11.9. The molecule has 1 amide bonds. The zero-order valence-electron chi connectivity index (χ0n) is 14.2. The summed E-state index contributed by atoms with van der Waals surface area (Å²) in [5, 5.41) is 9.20. The maximum atomic E-state index is 12.1. The van der Waals surface area contributed by atoms with Crippen LogP contribution in [0.4, 0.5) is 11.4 Å². The Morgan fingerprint density at radius 1 is 1.40 bits per heavy atom. The molecule has 25 heavy (non-hydrogen) atoms. The van der Waals surface area contributed by atoms with Crippen LogP contribution in [0, 0.1) is 11.3 Å². The molecule has 2 aromatic rings. The van der Waals surface area contributed by atoms with Gasteiger partial charge >= 0.3 is 5.97 Å². The number of aromatic nitrogens is 1. The molecule has 0 aliphatic carbocycles. The van der Waals surface area contributed by atoms with Gasteiger partial charge in [-0.25, -0.2) is 4.79 Å². The Hall–Kier alpha value is -3.27. The van der Waals surface area contributed by atoms with Crippen LogP contribution >= 0.6 is 0 Å². The number of anilines is 2. The molecule has 0 saturated heterocycles. The molecule has 0 bridgehead atoms. The summed E-state index contributed by atoms with van der Waals surface area (Å²) in [6.45, 7) is 3.53. The van der Waals surface area contributed by atoms with Crippen LogP contribution in [0.1, 0.15) is 35.5 Å². The van der Waals surface area contributed by atoms with E-state index in [2.05, 4.69) is 0 Å². The van der Waals surface area contributed by atoms with E-state index >= 15 is 0 Å². The second kappa shape index (κ2) is 5.98. The number of nitrogen functional groups attached to an aromatic ring is 1. The Bertz CT molecular complexity index is 923. The summed E-state index contributed by atoms with van der Waals surface area (Å²) in [4.78, 5) is 25.7. The summed E-state index contributed by atoms with van der Waals surface area (Å²) in [5.74, 6) is -0.621. The van der Waals surface area contributed by atoms with Crippen molar-refractivity contribution < 1.29 is 14.3 Å². The monoisotopic (exact) mass is 338 g/mol. The summed E-state index contributed by atoms with van der Waals surface area (Å²) in [7, 11) is 1.26. The largest absolute Gasteiger partial charge is 0.464 e.